The maximum atomic E-state index is 11.5. The van der Waals surface area contributed by atoms with Crippen LogP contribution in [0.25, 0.3) is 0 Å². The van der Waals surface area contributed by atoms with E-state index in [2.05, 4.69) is 15.3 Å². The number of carbonyl (C=O) groups excluding carboxylic acids is 1. The lowest BCUT2D eigenvalue weighted by atomic mass is 10.3. The van der Waals surface area contributed by atoms with Gasteiger partial charge in [0.2, 0.25) is 0 Å². The number of anilines is 2. The van der Waals surface area contributed by atoms with Crippen molar-refractivity contribution in [3.05, 3.63) is 52.5 Å². The van der Waals surface area contributed by atoms with Crippen LogP contribution in [0, 0.1) is 0 Å². The molecule has 0 bridgehead atoms. The first-order valence-electron chi connectivity index (χ1n) is 7.72. The summed E-state index contributed by atoms with van der Waals surface area (Å²) in [6, 6.07) is 9.98. The summed E-state index contributed by atoms with van der Waals surface area (Å²) in [5, 5.41) is 8.13. The van der Waals surface area contributed by atoms with E-state index in [4.69, 9.17) is 4.74 Å². The van der Waals surface area contributed by atoms with Gasteiger partial charge in [0, 0.05) is 22.2 Å². The molecule has 0 amide bonds. The predicted octanol–water partition coefficient (Wildman–Crippen LogP) is 4.74. The molecule has 0 unspecified atom stereocenters. The lowest BCUT2D eigenvalue weighted by molar-refractivity contribution is -0.142. The summed E-state index contributed by atoms with van der Waals surface area (Å²) < 4.78 is 5.87. The summed E-state index contributed by atoms with van der Waals surface area (Å²) in [5.74, 6) is 0.514. The minimum Gasteiger partial charge on any atom is -0.466 e. The van der Waals surface area contributed by atoms with Gasteiger partial charge in [0.25, 0.3) is 0 Å². The highest BCUT2D eigenvalue weighted by molar-refractivity contribution is 8.00. The smallest absolute Gasteiger partial charge is 0.311 e. The zero-order chi connectivity index (χ0) is 17.5. The summed E-state index contributed by atoms with van der Waals surface area (Å²) >= 11 is 4.75. The van der Waals surface area contributed by atoms with Crippen LogP contribution < -0.4 is 5.32 Å². The molecule has 1 N–H and O–H groups in total. The van der Waals surface area contributed by atoms with Gasteiger partial charge in [-0.2, -0.15) is 0 Å². The average molecular weight is 392 g/mol. The fraction of sp³-hybridized carbons (Fsp3) is 0.235. The number of nitrogens with zero attached hydrogens (tertiary/aromatic N) is 2. The van der Waals surface area contributed by atoms with E-state index < -0.39 is 0 Å². The molecule has 0 fully saturated rings. The van der Waals surface area contributed by atoms with Crippen LogP contribution in [0.1, 0.15) is 18.3 Å². The summed E-state index contributed by atoms with van der Waals surface area (Å²) in [6.07, 6.45) is 0.229. The van der Waals surface area contributed by atoms with E-state index in [9.17, 15) is 4.79 Å². The first-order valence-corrected chi connectivity index (χ1v) is 10.5. The third-order valence-electron chi connectivity index (χ3n) is 3.08. The predicted molar refractivity (Wildman–Crippen MR) is 104 cm³/mol. The van der Waals surface area contributed by atoms with Crippen molar-refractivity contribution in [1.29, 1.82) is 0 Å². The van der Waals surface area contributed by atoms with Gasteiger partial charge in [-0.05, 0) is 19.1 Å². The molecule has 0 atom stereocenters. The van der Waals surface area contributed by atoms with E-state index in [0.717, 1.165) is 32.3 Å². The third-order valence-corrected chi connectivity index (χ3v) is 5.99. The SMILES string of the molecule is CCOC(=O)Cc1csc(SCc2csc(Nc3ccccc3)n2)n1. The number of thiazole rings is 2. The van der Waals surface area contributed by atoms with Crippen molar-refractivity contribution in [2.45, 2.75) is 23.4 Å². The van der Waals surface area contributed by atoms with Gasteiger partial charge in [-0.3, -0.25) is 4.79 Å². The maximum absolute atomic E-state index is 11.5. The quantitative estimate of drug-likeness (QED) is 0.442. The molecular formula is C17H17N3O2S3. The lowest BCUT2D eigenvalue weighted by Gasteiger charge is -2.00. The van der Waals surface area contributed by atoms with Crippen molar-refractivity contribution in [1.82, 2.24) is 9.97 Å². The zero-order valence-electron chi connectivity index (χ0n) is 13.6. The summed E-state index contributed by atoms with van der Waals surface area (Å²) in [7, 11) is 0. The van der Waals surface area contributed by atoms with Gasteiger partial charge in [-0.1, -0.05) is 30.0 Å². The number of hydrogen-bond donors (Lipinski definition) is 1. The summed E-state index contributed by atoms with van der Waals surface area (Å²) in [4.78, 5) is 20.5. The minimum absolute atomic E-state index is 0.229. The van der Waals surface area contributed by atoms with E-state index in [0.29, 0.717) is 6.61 Å². The normalized spacial score (nSPS) is 10.6. The van der Waals surface area contributed by atoms with Crippen molar-refractivity contribution < 1.29 is 9.53 Å². The Bertz CT molecular complexity index is 817. The fourth-order valence-corrected chi connectivity index (χ4v) is 4.58. The number of nitrogens with one attached hydrogen (secondary N) is 1. The molecule has 0 radical (unpaired) electrons. The second kappa shape index (κ2) is 8.98. The maximum Gasteiger partial charge on any atom is 0.311 e. The number of carbonyl (C=O) groups is 1. The summed E-state index contributed by atoms with van der Waals surface area (Å²) in [5.41, 5.74) is 2.80. The van der Waals surface area contributed by atoms with Gasteiger partial charge in [-0.25, -0.2) is 9.97 Å². The molecule has 5 nitrogen and oxygen atoms in total. The van der Waals surface area contributed by atoms with Gasteiger partial charge in [0.05, 0.1) is 24.4 Å². The van der Waals surface area contributed by atoms with Crippen LogP contribution in [0.5, 0.6) is 0 Å². The van der Waals surface area contributed by atoms with Gasteiger partial charge in [0.1, 0.15) is 0 Å². The van der Waals surface area contributed by atoms with E-state index in [-0.39, 0.29) is 12.4 Å². The van der Waals surface area contributed by atoms with Gasteiger partial charge in [-0.15, -0.1) is 22.7 Å². The molecule has 0 spiro atoms. The van der Waals surface area contributed by atoms with Crippen molar-refractivity contribution >= 4 is 51.2 Å². The highest BCUT2D eigenvalue weighted by atomic mass is 32.2. The number of ether oxygens (including phenoxy) is 1. The molecular weight excluding hydrogens is 374 g/mol. The zero-order valence-corrected chi connectivity index (χ0v) is 16.0. The largest absolute Gasteiger partial charge is 0.466 e. The van der Waals surface area contributed by atoms with Crippen LogP contribution >= 0.6 is 34.4 Å². The van der Waals surface area contributed by atoms with E-state index in [1.54, 1.807) is 41.4 Å². The molecule has 2 aromatic heterocycles. The average Bonchev–Trinajstić information content (AvgIpc) is 3.23. The van der Waals surface area contributed by atoms with Crippen LogP contribution in [-0.4, -0.2) is 22.5 Å². The second-order valence-corrected chi connectivity index (χ2v) is 7.95. The minimum atomic E-state index is -0.236. The molecule has 25 heavy (non-hydrogen) atoms. The Morgan fingerprint density at radius 3 is 2.76 bits per heavy atom. The lowest BCUT2D eigenvalue weighted by Crippen LogP contribution is -2.07. The second-order valence-electron chi connectivity index (χ2n) is 5.01. The molecule has 3 aromatic rings. The number of thioether (sulfide) groups is 1. The van der Waals surface area contributed by atoms with E-state index >= 15 is 0 Å². The van der Waals surface area contributed by atoms with Crippen LogP contribution in [0.15, 0.2) is 45.4 Å². The standard InChI is InChI=1S/C17H17N3O2S3/c1-2-22-15(21)8-13-9-24-17(20-13)25-11-14-10-23-16(19-14)18-12-6-4-3-5-7-12/h3-7,9-10H,2,8,11H2,1H3,(H,18,19). The van der Waals surface area contributed by atoms with Crippen molar-refractivity contribution in [3.63, 3.8) is 0 Å². The Balaban J connectivity index is 1.51. The van der Waals surface area contributed by atoms with Crippen LogP contribution in [0.4, 0.5) is 10.8 Å². The molecule has 0 aliphatic carbocycles. The van der Waals surface area contributed by atoms with Crippen LogP contribution in [0.3, 0.4) is 0 Å². The van der Waals surface area contributed by atoms with E-state index in [1.165, 1.54) is 0 Å². The Kier molecular flexibility index (Phi) is 6.43. The molecule has 2 heterocycles. The molecule has 0 saturated heterocycles. The molecule has 8 heteroatoms. The molecule has 130 valence electrons. The Hall–Kier alpha value is -1.90. The van der Waals surface area contributed by atoms with Crippen molar-refractivity contribution in [2.24, 2.45) is 0 Å². The third kappa shape index (κ3) is 5.55. The number of hydrogen-bond acceptors (Lipinski definition) is 8. The van der Waals surface area contributed by atoms with Crippen molar-refractivity contribution in [2.75, 3.05) is 11.9 Å². The number of esters is 1. The highest BCUT2D eigenvalue weighted by Crippen LogP contribution is 2.28. The number of rotatable bonds is 8. The van der Waals surface area contributed by atoms with Gasteiger partial charge < -0.3 is 10.1 Å². The Morgan fingerprint density at radius 2 is 1.96 bits per heavy atom. The first-order chi connectivity index (χ1) is 12.2. The number of benzene rings is 1. The number of aromatic nitrogens is 2. The van der Waals surface area contributed by atoms with E-state index in [1.807, 2.05) is 41.1 Å². The molecule has 0 aliphatic heterocycles. The molecule has 1 aromatic carbocycles. The topological polar surface area (TPSA) is 64.1 Å². The Morgan fingerprint density at radius 1 is 1.16 bits per heavy atom. The molecule has 3 rings (SSSR count). The number of para-hydroxylation sites is 1. The van der Waals surface area contributed by atoms with Gasteiger partial charge in [0.15, 0.2) is 9.47 Å². The first kappa shape index (κ1) is 17.9. The molecule has 0 saturated carbocycles. The molecule has 0 aliphatic rings. The van der Waals surface area contributed by atoms with Crippen LogP contribution in [-0.2, 0) is 21.7 Å². The summed E-state index contributed by atoms with van der Waals surface area (Å²) in [6.45, 7) is 2.20. The Labute approximate surface area is 158 Å². The van der Waals surface area contributed by atoms with Crippen LogP contribution in [0.2, 0.25) is 0 Å². The van der Waals surface area contributed by atoms with Gasteiger partial charge >= 0.3 is 5.97 Å². The highest BCUT2D eigenvalue weighted by Gasteiger charge is 2.10. The fourth-order valence-electron chi connectivity index (χ4n) is 2.01. The van der Waals surface area contributed by atoms with Crippen molar-refractivity contribution in [3.8, 4) is 0 Å². The monoisotopic (exact) mass is 391 g/mol.